The Hall–Kier alpha value is -0.350. The molecule has 0 rings (SSSR count). The SMILES string of the molecule is [C-]#[N+]CCOP(OCCCCCCN(F)COC)N(CC)C(C)C. The number of hydrogen-bond donors (Lipinski definition) is 0. The van der Waals surface area contributed by atoms with Gasteiger partial charge < -0.3 is 18.6 Å². The van der Waals surface area contributed by atoms with Crippen molar-refractivity contribution in [2.75, 3.05) is 46.7 Å². The molecule has 1 unspecified atom stereocenters. The molecule has 142 valence electrons. The predicted molar refractivity (Wildman–Crippen MR) is 96.0 cm³/mol. The van der Waals surface area contributed by atoms with Crippen molar-refractivity contribution in [3.63, 3.8) is 0 Å². The van der Waals surface area contributed by atoms with Crippen molar-refractivity contribution in [3.8, 4) is 0 Å². The highest BCUT2D eigenvalue weighted by molar-refractivity contribution is 7.44. The molecule has 0 bridgehead atoms. The summed E-state index contributed by atoms with van der Waals surface area (Å²) in [5.74, 6) is 0. The topological polar surface area (TPSA) is 38.5 Å². The summed E-state index contributed by atoms with van der Waals surface area (Å²) in [5, 5.41) is 0.683. The summed E-state index contributed by atoms with van der Waals surface area (Å²) in [5.41, 5.74) is 0. The highest BCUT2D eigenvalue weighted by Gasteiger charge is 2.23. The van der Waals surface area contributed by atoms with Crippen LogP contribution in [0.2, 0.25) is 0 Å². The number of ether oxygens (including phenoxy) is 1. The smallest absolute Gasteiger partial charge is 0.259 e. The lowest BCUT2D eigenvalue weighted by atomic mass is 10.2. The standard InChI is InChI=1S/C16H33FN3O3P/c1-6-20(16(2)3)24(23-14-11-18-4)22-13-10-8-7-9-12-19(17)15-21-5/h16H,6-15H2,1-3,5H3. The lowest BCUT2D eigenvalue weighted by Gasteiger charge is -2.31. The molecule has 0 radical (unpaired) electrons. The van der Waals surface area contributed by atoms with Crippen LogP contribution in [-0.2, 0) is 13.8 Å². The minimum absolute atomic E-state index is 0.0252. The Morgan fingerprint density at radius 1 is 1.12 bits per heavy atom. The number of unbranched alkanes of at least 4 members (excludes halogenated alkanes) is 3. The molecule has 0 aliphatic rings. The van der Waals surface area contributed by atoms with Crippen LogP contribution in [0.25, 0.3) is 4.85 Å². The maximum atomic E-state index is 13.1. The Balaban J connectivity index is 3.94. The van der Waals surface area contributed by atoms with Crippen molar-refractivity contribution in [1.82, 2.24) is 9.79 Å². The van der Waals surface area contributed by atoms with Gasteiger partial charge in [-0.25, -0.2) is 11.2 Å². The monoisotopic (exact) mass is 365 g/mol. The minimum atomic E-state index is -1.11. The van der Waals surface area contributed by atoms with Crippen LogP contribution in [-0.4, -0.2) is 62.5 Å². The molecule has 0 heterocycles. The number of methoxy groups -OCH3 is 1. The fourth-order valence-corrected chi connectivity index (χ4v) is 3.61. The number of rotatable bonds is 16. The molecule has 0 N–H and O–H groups in total. The van der Waals surface area contributed by atoms with Crippen LogP contribution in [0.1, 0.15) is 46.5 Å². The highest BCUT2D eigenvalue weighted by Crippen LogP contribution is 2.44. The first-order chi connectivity index (χ1) is 11.6. The van der Waals surface area contributed by atoms with Crippen molar-refractivity contribution in [2.24, 2.45) is 0 Å². The Morgan fingerprint density at radius 2 is 1.79 bits per heavy atom. The first-order valence-electron chi connectivity index (χ1n) is 8.62. The maximum absolute atomic E-state index is 13.1. The van der Waals surface area contributed by atoms with Crippen molar-refractivity contribution < 1.29 is 18.3 Å². The zero-order chi connectivity index (χ0) is 18.2. The Bertz CT molecular complexity index is 332. The second-order valence-electron chi connectivity index (χ2n) is 5.65. The Labute approximate surface area is 148 Å². The zero-order valence-electron chi connectivity index (χ0n) is 15.5. The third-order valence-electron chi connectivity index (χ3n) is 3.30. The van der Waals surface area contributed by atoms with Crippen LogP contribution in [0.3, 0.4) is 0 Å². The molecule has 24 heavy (non-hydrogen) atoms. The first-order valence-corrected chi connectivity index (χ1v) is 9.75. The van der Waals surface area contributed by atoms with Gasteiger partial charge in [0.2, 0.25) is 6.54 Å². The minimum Gasteiger partial charge on any atom is -0.367 e. The predicted octanol–water partition coefficient (Wildman–Crippen LogP) is 4.25. The summed E-state index contributed by atoms with van der Waals surface area (Å²) in [4.78, 5) is 3.31. The van der Waals surface area contributed by atoms with E-state index in [0.717, 1.165) is 32.2 Å². The van der Waals surface area contributed by atoms with Crippen LogP contribution < -0.4 is 0 Å². The van der Waals surface area contributed by atoms with E-state index in [9.17, 15) is 4.48 Å². The molecule has 1 atom stereocenters. The second kappa shape index (κ2) is 16.1. The van der Waals surface area contributed by atoms with Gasteiger partial charge in [0, 0.05) is 26.2 Å². The van der Waals surface area contributed by atoms with Gasteiger partial charge >= 0.3 is 0 Å². The molecule has 0 saturated heterocycles. The normalized spacial score (nSPS) is 13.0. The van der Waals surface area contributed by atoms with Crippen molar-refractivity contribution in [1.29, 1.82) is 0 Å². The molecule has 0 aromatic carbocycles. The number of halogens is 1. The van der Waals surface area contributed by atoms with Gasteiger partial charge in [-0.2, -0.15) is 0 Å². The molecule has 8 heteroatoms. The van der Waals surface area contributed by atoms with Gasteiger partial charge in [0.05, 0.1) is 6.61 Å². The summed E-state index contributed by atoms with van der Waals surface area (Å²) in [7, 11) is 0.375. The van der Waals surface area contributed by atoms with Crippen LogP contribution >= 0.6 is 8.53 Å². The van der Waals surface area contributed by atoms with Gasteiger partial charge in [-0.3, -0.25) is 0 Å². The first kappa shape index (κ1) is 23.6. The highest BCUT2D eigenvalue weighted by atomic mass is 31.2. The quantitative estimate of drug-likeness (QED) is 0.134. The van der Waals surface area contributed by atoms with E-state index in [1.165, 1.54) is 7.11 Å². The molecule has 0 amide bonds. The molecule has 0 saturated carbocycles. The van der Waals surface area contributed by atoms with E-state index in [0.29, 0.717) is 37.5 Å². The average molecular weight is 365 g/mol. The van der Waals surface area contributed by atoms with Gasteiger partial charge in [0.15, 0.2) is 0 Å². The molecule has 0 aliphatic heterocycles. The Morgan fingerprint density at radius 3 is 2.38 bits per heavy atom. The second-order valence-corrected chi connectivity index (χ2v) is 7.16. The zero-order valence-corrected chi connectivity index (χ0v) is 16.4. The maximum Gasteiger partial charge on any atom is 0.259 e. The third-order valence-corrected chi connectivity index (χ3v) is 5.27. The Kier molecular flexibility index (Phi) is 15.9. The van der Waals surface area contributed by atoms with E-state index in [1.54, 1.807) is 0 Å². The van der Waals surface area contributed by atoms with Crippen LogP contribution in [0.4, 0.5) is 4.48 Å². The van der Waals surface area contributed by atoms with E-state index in [4.69, 9.17) is 20.4 Å². The fourth-order valence-electron chi connectivity index (χ4n) is 2.11. The van der Waals surface area contributed by atoms with Crippen LogP contribution in [0.15, 0.2) is 0 Å². The molecular weight excluding hydrogens is 332 g/mol. The summed E-state index contributed by atoms with van der Waals surface area (Å²) >= 11 is 0. The molecule has 0 fully saturated rings. The average Bonchev–Trinajstić information content (AvgIpc) is 2.54. The van der Waals surface area contributed by atoms with Crippen molar-refractivity contribution >= 4 is 8.53 Å². The van der Waals surface area contributed by atoms with E-state index in [2.05, 4.69) is 30.3 Å². The van der Waals surface area contributed by atoms with E-state index < -0.39 is 8.53 Å². The molecule has 6 nitrogen and oxygen atoms in total. The van der Waals surface area contributed by atoms with Crippen molar-refractivity contribution in [3.05, 3.63) is 11.4 Å². The van der Waals surface area contributed by atoms with Crippen molar-refractivity contribution in [2.45, 2.75) is 52.5 Å². The summed E-state index contributed by atoms with van der Waals surface area (Å²) < 4.78 is 31.7. The van der Waals surface area contributed by atoms with Gasteiger partial charge in [-0.05, 0) is 26.7 Å². The molecular formula is C16H33FN3O3P. The van der Waals surface area contributed by atoms with Gasteiger partial charge in [-0.1, -0.05) is 19.8 Å². The van der Waals surface area contributed by atoms with Crippen LogP contribution in [0.5, 0.6) is 0 Å². The lowest BCUT2D eigenvalue weighted by Crippen LogP contribution is -2.27. The largest absolute Gasteiger partial charge is 0.367 e. The lowest BCUT2D eigenvalue weighted by molar-refractivity contribution is -0.0697. The summed E-state index contributed by atoms with van der Waals surface area (Å²) in [6, 6.07) is 0.338. The number of hydrogen-bond acceptors (Lipinski definition) is 5. The van der Waals surface area contributed by atoms with Gasteiger partial charge in [-0.15, -0.1) is 9.60 Å². The van der Waals surface area contributed by atoms with E-state index >= 15 is 0 Å². The summed E-state index contributed by atoms with van der Waals surface area (Å²) in [6.45, 7) is 15.8. The van der Waals surface area contributed by atoms with Gasteiger partial charge in [0.1, 0.15) is 13.3 Å². The van der Waals surface area contributed by atoms with E-state index in [-0.39, 0.29) is 6.73 Å². The molecule has 0 aromatic rings. The van der Waals surface area contributed by atoms with Crippen LogP contribution in [0, 0.1) is 6.57 Å². The fraction of sp³-hybridized carbons (Fsp3) is 0.938. The molecule has 0 aliphatic carbocycles. The molecule has 0 aromatic heterocycles. The third kappa shape index (κ3) is 12.1. The van der Waals surface area contributed by atoms with Gasteiger partial charge in [0.25, 0.3) is 8.53 Å². The number of nitrogens with zero attached hydrogens (tertiary/aromatic N) is 3. The summed E-state index contributed by atoms with van der Waals surface area (Å²) in [6.07, 6.45) is 3.70. The molecule has 0 spiro atoms. The van der Waals surface area contributed by atoms with E-state index in [1.807, 2.05) is 0 Å².